The molecule has 0 fully saturated rings. The molecule has 1 unspecified atom stereocenters. The third-order valence-electron chi connectivity index (χ3n) is 5.38. The summed E-state index contributed by atoms with van der Waals surface area (Å²) in [7, 11) is -2.07. The molecule has 0 saturated heterocycles. The highest BCUT2D eigenvalue weighted by Gasteiger charge is 2.38. The van der Waals surface area contributed by atoms with Gasteiger partial charge in [-0.15, -0.1) is 0 Å². The summed E-state index contributed by atoms with van der Waals surface area (Å²) in [6.45, 7) is 6.48. The topological polar surface area (TPSA) is 144 Å². The first-order valence-corrected chi connectivity index (χ1v) is 12.0. The van der Waals surface area contributed by atoms with Gasteiger partial charge in [0.1, 0.15) is 5.41 Å². The summed E-state index contributed by atoms with van der Waals surface area (Å²) in [5, 5.41) is 18.8. The Morgan fingerprint density at radius 3 is 2.39 bits per heavy atom. The first-order chi connectivity index (χ1) is 14.3. The second-order valence-corrected chi connectivity index (χ2v) is 11.2. The maximum absolute atomic E-state index is 12.1. The molecule has 0 saturated carbocycles. The molecule has 0 aliphatic heterocycles. The number of carboxylic acids is 1. The van der Waals surface area contributed by atoms with Crippen molar-refractivity contribution < 1.29 is 33.0 Å². The average molecular weight is 459 g/mol. The van der Waals surface area contributed by atoms with Crippen molar-refractivity contribution in [1.29, 1.82) is 0 Å². The van der Waals surface area contributed by atoms with Crippen molar-refractivity contribution in [1.82, 2.24) is 9.97 Å². The zero-order valence-corrected chi connectivity index (χ0v) is 19.7. The number of ether oxygens (including phenoxy) is 1. The van der Waals surface area contributed by atoms with E-state index in [2.05, 4.69) is 9.97 Å². The molecule has 2 atom stereocenters. The van der Waals surface area contributed by atoms with E-state index >= 15 is 0 Å². The minimum Gasteiger partial charge on any atom is -0.481 e. The van der Waals surface area contributed by atoms with Crippen molar-refractivity contribution in [3.63, 3.8) is 0 Å². The van der Waals surface area contributed by atoms with Crippen LogP contribution in [0.3, 0.4) is 0 Å². The molecule has 0 bridgehead atoms. The summed E-state index contributed by atoms with van der Waals surface area (Å²) in [6, 6.07) is 0. The Labute approximate surface area is 184 Å². The number of sulfone groups is 1. The number of rotatable bonds is 13. The predicted octanol–water partition coefficient (Wildman–Crippen LogP) is 1.77. The summed E-state index contributed by atoms with van der Waals surface area (Å²) in [5.41, 5.74) is -1.08. The maximum Gasteiger partial charge on any atom is 0.315 e. The number of carbonyl (C=O) groups is 2. The highest BCUT2D eigenvalue weighted by molar-refractivity contribution is 7.91. The van der Waals surface area contributed by atoms with Crippen LogP contribution in [0.4, 0.5) is 0 Å². The van der Waals surface area contributed by atoms with Crippen molar-refractivity contribution in [2.24, 2.45) is 11.3 Å². The van der Waals surface area contributed by atoms with Gasteiger partial charge in [-0.2, -0.15) is 0 Å². The van der Waals surface area contributed by atoms with Crippen molar-refractivity contribution in [2.45, 2.75) is 58.8 Å². The summed E-state index contributed by atoms with van der Waals surface area (Å²) in [4.78, 5) is 32.3. The van der Waals surface area contributed by atoms with Crippen molar-refractivity contribution in [3.05, 3.63) is 23.8 Å². The SMILES string of the molecule is COC(=O)[C@@H](C)Cc1cncc(C(C)(CCCC(C)(C)CS(=O)(=O)CCO)C(=O)O)n1. The van der Waals surface area contributed by atoms with Gasteiger partial charge in [-0.25, -0.2) is 8.42 Å². The number of carboxylic acid groups (broad SMARTS) is 1. The number of aliphatic hydroxyl groups excluding tert-OH is 1. The molecule has 0 aliphatic rings. The van der Waals surface area contributed by atoms with Gasteiger partial charge >= 0.3 is 11.9 Å². The lowest BCUT2D eigenvalue weighted by atomic mass is 9.79. The zero-order chi connectivity index (χ0) is 23.9. The smallest absolute Gasteiger partial charge is 0.315 e. The van der Waals surface area contributed by atoms with E-state index in [9.17, 15) is 23.1 Å². The standard InChI is InChI=1S/C21H34N2O7S/c1-15(18(25)30-5)11-16-12-22-13-17(23-16)21(4,19(26)27)8-6-7-20(2,3)14-31(28,29)10-9-24/h12-13,15,24H,6-11,14H2,1-5H3,(H,26,27)/t15-,21?/m0/s1. The molecule has 0 radical (unpaired) electrons. The fourth-order valence-corrected chi connectivity index (χ4v) is 5.27. The summed E-state index contributed by atoms with van der Waals surface area (Å²) >= 11 is 0. The third-order valence-corrected chi connectivity index (χ3v) is 7.41. The molecule has 1 heterocycles. The zero-order valence-electron chi connectivity index (χ0n) is 18.9. The number of esters is 1. The van der Waals surface area contributed by atoms with Gasteiger partial charge < -0.3 is 14.9 Å². The molecule has 2 N–H and O–H groups in total. The van der Waals surface area contributed by atoms with E-state index in [-0.39, 0.29) is 30.3 Å². The number of carbonyl (C=O) groups excluding carboxylic acids is 1. The van der Waals surface area contributed by atoms with E-state index in [4.69, 9.17) is 9.84 Å². The monoisotopic (exact) mass is 458 g/mol. The van der Waals surface area contributed by atoms with Gasteiger partial charge in [0.05, 0.1) is 42.5 Å². The van der Waals surface area contributed by atoms with E-state index in [0.29, 0.717) is 24.2 Å². The van der Waals surface area contributed by atoms with Crippen molar-refractivity contribution in [3.8, 4) is 0 Å². The molecular weight excluding hydrogens is 424 g/mol. The number of hydrogen-bond donors (Lipinski definition) is 2. The lowest BCUT2D eigenvalue weighted by molar-refractivity contribution is -0.145. The highest BCUT2D eigenvalue weighted by atomic mass is 32.2. The maximum atomic E-state index is 12.1. The van der Waals surface area contributed by atoms with Crippen LogP contribution in [0.15, 0.2) is 12.4 Å². The molecule has 1 aromatic heterocycles. The van der Waals surface area contributed by atoms with Crippen LogP contribution >= 0.6 is 0 Å². The fourth-order valence-electron chi connectivity index (χ4n) is 3.51. The summed E-state index contributed by atoms with van der Waals surface area (Å²) in [6.07, 6.45) is 4.40. The van der Waals surface area contributed by atoms with Gasteiger partial charge in [0.15, 0.2) is 9.84 Å². The fraction of sp³-hybridized carbons (Fsp3) is 0.714. The first-order valence-electron chi connectivity index (χ1n) is 10.2. The van der Waals surface area contributed by atoms with Crippen LogP contribution in [-0.2, 0) is 36.0 Å². The number of hydrogen-bond acceptors (Lipinski definition) is 8. The normalized spacial score (nSPS) is 15.2. The predicted molar refractivity (Wildman–Crippen MR) is 115 cm³/mol. The van der Waals surface area contributed by atoms with E-state index in [1.54, 1.807) is 13.8 Å². The van der Waals surface area contributed by atoms with Crippen molar-refractivity contribution >= 4 is 21.8 Å². The van der Waals surface area contributed by atoms with Crippen LogP contribution in [0.25, 0.3) is 0 Å². The Kier molecular flexibility index (Phi) is 9.56. The Morgan fingerprint density at radius 1 is 1.19 bits per heavy atom. The molecule has 176 valence electrons. The number of aromatic nitrogens is 2. The van der Waals surface area contributed by atoms with Crippen LogP contribution in [0.5, 0.6) is 0 Å². The van der Waals surface area contributed by atoms with Crippen LogP contribution in [0, 0.1) is 11.3 Å². The second-order valence-electron chi connectivity index (χ2n) is 8.99. The first kappa shape index (κ1) is 27.0. The third kappa shape index (κ3) is 8.17. The Balaban J connectivity index is 2.94. The molecule has 0 spiro atoms. The molecule has 0 aliphatic carbocycles. The highest BCUT2D eigenvalue weighted by Crippen LogP contribution is 2.33. The molecular formula is C21H34N2O7S. The van der Waals surface area contributed by atoms with Gasteiger partial charge in [-0.3, -0.25) is 19.6 Å². The largest absolute Gasteiger partial charge is 0.481 e. The molecule has 9 nitrogen and oxygen atoms in total. The quantitative estimate of drug-likeness (QED) is 0.423. The molecule has 0 amide bonds. The minimum atomic E-state index is -3.38. The average Bonchev–Trinajstić information content (AvgIpc) is 2.65. The second kappa shape index (κ2) is 11.0. The Hall–Kier alpha value is -2.07. The van der Waals surface area contributed by atoms with E-state index < -0.39 is 39.2 Å². The van der Waals surface area contributed by atoms with Crippen LogP contribution in [0.2, 0.25) is 0 Å². The van der Waals surface area contributed by atoms with Crippen LogP contribution < -0.4 is 0 Å². The number of methoxy groups -OCH3 is 1. The molecule has 31 heavy (non-hydrogen) atoms. The number of aliphatic carboxylic acids is 1. The van der Waals surface area contributed by atoms with E-state index in [1.807, 2.05) is 13.8 Å². The van der Waals surface area contributed by atoms with Crippen LogP contribution in [0.1, 0.15) is 58.3 Å². The summed E-state index contributed by atoms with van der Waals surface area (Å²) in [5.74, 6) is -2.23. The number of nitrogens with zero attached hydrogens (tertiary/aromatic N) is 2. The number of aliphatic hydroxyl groups is 1. The summed E-state index contributed by atoms with van der Waals surface area (Å²) < 4.78 is 28.8. The minimum absolute atomic E-state index is 0.0783. The molecule has 1 rings (SSSR count). The molecule has 1 aromatic rings. The van der Waals surface area contributed by atoms with Gasteiger partial charge in [0.25, 0.3) is 0 Å². The lowest BCUT2D eigenvalue weighted by Gasteiger charge is -2.28. The van der Waals surface area contributed by atoms with Crippen molar-refractivity contribution in [2.75, 3.05) is 25.2 Å². The Bertz CT molecular complexity index is 870. The van der Waals surface area contributed by atoms with Gasteiger partial charge in [-0.05, 0) is 25.2 Å². The van der Waals surface area contributed by atoms with Gasteiger partial charge in [0, 0.05) is 18.8 Å². The molecule has 0 aromatic carbocycles. The Morgan fingerprint density at radius 2 is 1.84 bits per heavy atom. The lowest BCUT2D eigenvalue weighted by Crippen LogP contribution is -2.35. The van der Waals surface area contributed by atoms with E-state index in [1.165, 1.54) is 19.5 Å². The van der Waals surface area contributed by atoms with Crippen LogP contribution in [-0.4, -0.2) is 65.8 Å². The molecule has 10 heteroatoms. The van der Waals surface area contributed by atoms with Gasteiger partial charge in [-0.1, -0.05) is 27.2 Å². The van der Waals surface area contributed by atoms with Gasteiger partial charge in [0.2, 0.25) is 0 Å². The van der Waals surface area contributed by atoms with E-state index in [0.717, 1.165) is 0 Å².